The van der Waals surface area contributed by atoms with Gasteiger partial charge < -0.3 is 9.88 Å². The first kappa shape index (κ1) is 21.4. The Bertz CT molecular complexity index is 1420. The number of para-hydroxylation sites is 1. The topological polar surface area (TPSA) is 51.9 Å². The number of aromatic nitrogens is 3. The zero-order chi connectivity index (χ0) is 22.9. The minimum absolute atomic E-state index is 0.144. The average molecular weight is 517 g/mol. The molecule has 2 aromatic carbocycles. The molecule has 5 rings (SSSR count). The van der Waals surface area contributed by atoms with Gasteiger partial charge in [-0.15, -0.1) is 11.3 Å². The fourth-order valence-corrected chi connectivity index (χ4v) is 4.85. The molecule has 0 atom stereocenters. The lowest BCUT2D eigenvalue weighted by atomic mass is 10.2. The highest BCUT2D eigenvalue weighted by atomic mass is 79.9. The quantitative estimate of drug-likeness (QED) is 0.272. The Morgan fingerprint density at radius 2 is 1.70 bits per heavy atom. The van der Waals surface area contributed by atoms with Crippen molar-refractivity contribution >= 4 is 39.0 Å². The van der Waals surface area contributed by atoms with Crippen LogP contribution in [0.3, 0.4) is 0 Å². The molecule has 7 heteroatoms. The summed E-state index contributed by atoms with van der Waals surface area (Å²) < 4.78 is 5.04. The summed E-state index contributed by atoms with van der Waals surface area (Å²) in [6.07, 6.45) is 0. The zero-order valence-corrected chi connectivity index (χ0v) is 20.5. The predicted molar refractivity (Wildman–Crippen MR) is 138 cm³/mol. The largest absolute Gasteiger partial charge is 0.318 e. The van der Waals surface area contributed by atoms with Crippen molar-refractivity contribution in [3.63, 3.8) is 0 Å². The first-order chi connectivity index (χ1) is 16.0. The van der Waals surface area contributed by atoms with E-state index in [-0.39, 0.29) is 5.91 Å². The Morgan fingerprint density at radius 3 is 2.39 bits per heavy atom. The predicted octanol–water partition coefficient (Wildman–Crippen LogP) is 7.02. The van der Waals surface area contributed by atoms with Crippen LogP contribution in [-0.2, 0) is 0 Å². The maximum Gasteiger partial charge on any atom is 0.266 e. The number of thiophene rings is 1. The van der Waals surface area contributed by atoms with E-state index in [9.17, 15) is 4.79 Å². The van der Waals surface area contributed by atoms with E-state index >= 15 is 0 Å². The first-order valence-corrected chi connectivity index (χ1v) is 12.1. The maximum atomic E-state index is 12.8. The lowest BCUT2D eigenvalue weighted by Gasteiger charge is -2.09. The molecule has 1 amide bonds. The van der Waals surface area contributed by atoms with Crippen LogP contribution in [0.2, 0.25) is 0 Å². The molecule has 5 nitrogen and oxygen atoms in total. The molecule has 0 aliphatic heterocycles. The van der Waals surface area contributed by atoms with Crippen LogP contribution in [-0.4, -0.2) is 20.3 Å². The van der Waals surface area contributed by atoms with Crippen molar-refractivity contribution in [2.45, 2.75) is 13.8 Å². The Balaban J connectivity index is 1.59. The van der Waals surface area contributed by atoms with Crippen LogP contribution in [0.4, 0.5) is 5.82 Å². The van der Waals surface area contributed by atoms with Gasteiger partial charge in [-0.25, -0.2) is 4.68 Å². The van der Waals surface area contributed by atoms with E-state index in [4.69, 9.17) is 5.10 Å². The molecule has 0 saturated heterocycles. The fourth-order valence-electron chi connectivity index (χ4n) is 3.96. The van der Waals surface area contributed by atoms with Gasteiger partial charge in [-0.2, -0.15) is 5.10 Å². The van der Waals surface area contributed by atoms with Gasteiger partial charge in [0.1, 0.15) is 5.82 Å². The summed E-state index contributed by atoms with van der Waals surface area (Å²) in [7, 11) is 0. The van der Waals surface area contributed by atoms with Crippen LogP contribution >= 0.6 is 27.3 Å². The molecular weight excluding hydrogens is 496 g/mol. The van der Waals surface area contributed by atoms with Gasteiger partial charge in [0.15, 0.2) is 0 Å². The van der Waals surface area contributed by atoms with Gasteiger partial charge in [0.2, 0.25) is 0 Å². The van der Waals surface area contributed by atoms with Crippen molar-refractivity contribution in [2.24, 2.45) is 0 Å². The number of carbonyl (C=O) groups is 1. The Kier molecular flexibility index (Phi) is 5.74. The van der Waals surface area contributed by atoms with Crippen LogP contribution in [0, 0.1) is 13.8 Å². The minimum atomic E-state index is -0.144. The van der Waals surface area contributed by atoms with Crippen LogP contribution in [0.15, 0.2) is 88.7 Å². The molecule has 0 spiro atoms. The highest BCUT2D eigenvalue weighted by Gasteiger charge is 2.19. The normalized spacial score (nSPS) is 11.0. The van der Waals surface area contributed by atoms with Crippen LogP contribution in [0.25, 0.3) is 22.6 Å². The monoisotopic (exact) mass is 516 g/mol. The SMILES string of the molecule is Cc1cc(-c2cc(NC(=O)c3cccs3)n(-c3ccccc3)n2)c(C)n1-c1ccc(Br)cc1. The number of hydrogen-bond donors (Lipinski definition) is 1. The molecule has 0 bridgehead atoms. The highest BCUT2D eigenvalue weighted by molar-refractivity contribution is 9.10. The van der Waals surface area contributed by atoms with E-state index in [1.54, 1.807) is 4.68 Å². The molecule has 0 saturated carbocycles. The second-order valence-corrected chi connectivity index (χ2v) is 9.55. The fraction of sp³-hybridized carbons (Fsp3) is 0.0769. The number of nitrogens with one attached hydrogen (secondary N) is 1. The molecule has 33 heavy (non-hydrogen) atoms. The molecule has 0 radical (unpaired) electrons. The summed E-state index contributed by atoms with van der Waals surface area (Å²) >= 11 is 4.92. The zero-order valence-electron chi connectivity index (χ0n) is 18.1. The summed E-state index contributed by atoms with van der Waals surface area (Å²) in [6, 6.07) is 25.8. The van der Waals surface area contributed by atoms with E-state index in [1.807, 2.05) is 66.0 Å². The number of aryl methyl sites for hydroxylation is 1. The summed E-state index contributed by atoms with van der Waals surface area (Å²) in [5, 5.41) is 9.83. The van der Waals surface area contributed by atoms with Gasteiger partial charge in [0, 0.05) is 33.2 Å². The minimum Gasteiger partial charge on any atom is -0.318 e. The molecule has 0 unspecified atom stereocenters. The van der Waals surface area contributed by atoms with Crippen molar-refractivity contribution in [1.82, 2.24) is 14.3 Å². The van der Waals surface area contributed by atoms with Crippen molar-refractivity contribution in [2.75, 3.05) is 5.32 Å². The third-order valence-electron chi connectivity index (χ3n) is 5.49. The first-order valence-electron chi connectivity index (χ1n) is 10.5. The molecular formula is C26H21BrN4OS. The Morgan fingerprint density at radius 1 is 0.939 bits per heavy atom. The van der Waals surface area contributed by atoms with Crippen LogP contribution in [0.1, 0.15) is 21.1 Å². The van der Waals surface area contributed by atoms with Gasteiger partial charge in [-0.05, 0) is 67.8 Å². The van der Waals surface area contributed by atoms with Gasteiger partial charge in [0.05, 0.1) is 16.3 Å². The van der Waals surface area contributed by atoms with Crippen LogP contribution in [0.5, 0.6) is 0 Å². The Hall–Kier alpha value is -3.42. The van der Waals surface area contributed by atoms with Crippen molar-refractivity contribution in [3.8, 4) is 22.6 Å². The number of rotatable bonds is 5. The van der Waals surface area contributed by atoms with E-state index in [0.717, 1.165) is 38.5 Å². The summed E-state index contributed by atoms with van der Waals surface area (Å²) in [5.41, 5.74) is 6.00. The van der Waals surface area contributed by atoms with Gasteiger partial charge in [-0.3, -0.25) is 4.79 Å². The summed E-state index contributed by atoms with van der Waals surface area (Å²) in [5.74, 6) is 0.483. The maximum absolute atomic E-state index is 12.8. The highest BCUT2D eigenvalue weighted by Crippen LogP contribution is 2.32. The van der Waals surface area contributed by atoms with Crippen molar-refractivity contribution in [1.29, 1.82) is 0 Å². The van der Waals surface area contributed by atoms with E-state index in [2.05, 4.69) is 57.9 Å². The molecule has 164 valence electrons. The number of hydrogen-bond acceptors (Lipinski definition) is 3. The van der Waals surface area contributed by atoms with Gasteiger partial charge in [0.25, 0.3) is 5.91 Å². The van der Waals surface area contributed by atoms with E-state index < -0.39 is 0 Å². The number of benzene rings is 2. The van der Waals surface area contributed by atoms with Crippen LogP contribution < -0.4 is 5.32 Å². The number of halogens is 1. The molecule has 3 heterocycles. The number of amides is 1. The molecule has 0 aliphatic rings. The number of anilines is 1. The molecule has 1 N–H and O–H groups in total. The molecule has 3 aromatic heterocycles. The second kappa shape index (κ2) is 8.84. The van der Waals surface area contributed by atoms with Gasteiger partial charge in [-0.1, -0.05) is 40.2 Å². The molecule has 0 aliphatic carbocycles. The molecule has 5 aromatic rings. The second-order valence-electron chi connectivity index (χ2n) is 7.69. The standard InChI is InChI=1S/C26H21BrN4OS/c1-17-15-22(18(2)30(17)20-12-10-19(27)11-13-20)23-16-25(28-26(32)24-9-6-14-33-24)31(29-23)21-7-4-3-5-8-21/h3-16H,1-2H3,(H,28,32). The third-order valence-corrected chi connectivity index (χ3v) is 6.89. The van der Waals surface area contributed by atoms with E-state index in [1.165, 1.54) is 11.3 Å². The third kappa shape index (κ3) is 4.17. The summed E-state index contributed by atoms with van der Waals surface area (Å²) in [6.45, 7) is 4.18. The smallest absolute Gasteiger partial charge is 0.266 e. The van der Waals surface area contributed by atoms with Gasteiger partial charge >= 0.3 is 0 Å². The average Bonchev–Trinajstić information content (AvgIpc) is 3.55. The molecule has 0 fully saturated rings. The van der Waals surface area contributed by atoms with Crippen molar-refractivity contribution in [3.05, 3.63) is 105 Å². The van der Waals surface area contributed by atoms with E-state index in [0.29, 0.717) is 10.7 Å². The van der Waals surface area contributed by atoms with Crippen molar-refractivity contribution < 1.29 is 4.79 Å². The Labute approximate surface area is 204 Å². The lowest BCUT2D eigenvalue weighted by Crippen LogP contribution is -2.13. The number of nitrogens with zero attached hydrogens (tertiary/aromatic N) is 3. The lowest BCUT2D eigenvalue weighted by molar-refractivity contribution is 0.103. The summed E-state index contributed by atoms with van der Waals surface area (Å²) in [4.78, 5) is 13.5. The number of carbonyl (C=O) groups excluding carboxylic acids is 1.